The van der Waals surface area contributed by atoms with Gasteiger partial charge < -0.3 is 9.64 Å². The van der Waals surface area contributed by atoms with Crippen LogP contribution in [-0.4, -0.2) is 47.5 Å². The molecule has 174 valence electrons. The van der Waals surface area contributed by atoms with Crippen molar-refractivity contribution in [2.24, 2.45) is 4.99 Å². The Morgan fingerprint density at radius 3 is 2.71 bits per heavy atom. The lowest BCUT2D eigenvalue weighted by atomic mass is 9.96. The monoisotopic (exact) mass is 538 g/mol. The molecule has 0 aliphatic carbocycles. The molecular weight excluding hydrogens is 516 g/mol. The summed E-state index contributed by atoms with van der Waals surface area (Å²) in [5, 5.41) is 7.79. The Hall–Kier alpha value is -2.74. The SMILES string of the molecule is CN(C)C=Nc1c(C(=O)c2ccc(Cl)c3nn(C4CCCCO4)cc23)cc(Br)c2ccccc12. The second kappa shape index (κ2) is 9.49. The number of halogens is 2. The van der Waals surface area contributed by atoms with E-state index in [4.69, 9.17) is 21.3 Å². The molecule has 1 aliphatic rings. The van der Waals surface area contributed by atoms with E-state index in [9.17, 15) is 4.79 Å². The molecule has 2 heterocycles. The van der Waals surface area contributed by atoms with Gasteiger partial charge in [-0.3, -0.25) is 4.79 Å². The van der Waals surface area contributed by atoms with Crippen LogP contribution in [0.25, 0.3) is 21.7 Å². The van der Waals surface area contributed by atoms with Crippen molar-refractivity contribution in [3.8, 4) is 0 Å². The normalized spacial score (nSPS) is 16.5. The average molecular weight is 540 g/mol. The molecule has 8 heteroatoms. The third-order valence-corrected chi connectivity index (χ3v) is 6.93. The molecule has 1 atom stereocenters. The molecule has 0 radical (unpaired) electrons. The highest BCUT2D eigenvalue weighted by molar-refractivity contribution is 9.10. The Kier molecular flexibility index (Phi) is 6.42. The lowest BCUT2D eigenvalue weighted by Gasteiger charge is -2.22. The number of carbonyl (C=O) groups is 1. The Balaban J connectivity index is 1.68. The number of carbonyl (C=O) groups excluding carboxylic acids is 1. The molecule has 1 aromatic heterocycles. The first-order valence-corrected chi connectivity index (χ1v) is 12.4. The van der Waals surface area contributed by atoms with Crippen LogP contribution < -0.4 is 0 Å². The van der Waals surface area contributed by atoms with Crippen molar-refractivity contribution in [2.45, 2.75) is 25.5 Å². The van der Waals surface area contributed by atoms with Crippen molar-refractivity contribution >= 4 is 67.0 Å². The lowest BCUT2D eigenvalue weighted by molar-refractivity contribution is -0.0390. The molecule has 0 saturated carbocycles. The predicted molar refractivity (Wildman–Crippen MR) is 141 cm³/mol. The van der Waals surface area contributed by atoms with Gasteiger partial charge in [-0.15, -0.1) is 0 Å². The smallest absolute Gasteiger partial charge is 0.196 e. The van der Waals surface area contributed by atoms with Crippen molar-refractivity contribution in [3.05, 3.63) is 69.3 Å². The summed E-state index contributed by atoms with van der Waals surface area (Å²) in [6.07, 6.45) is 6.46. The highest BCUT2D eigenvalue weighted by Crippen LogP contribution is 2.38. The standard InChI is InChI=1S/C26H24BrClN4O2/c1-31(2)15-29-24-17-8-4-3-7-16(17)21(27)13-19(24)26(33)18-10-11-22(28)25-20(18)14-32(30-25)23-9-5-6-12-34-23/h3-4,7-8,10-11,13-15,23H,5-6,9,12H2,1-2H3. The fraction of sp³-hybridized carbons (Fsp3) is 0.269. The summed E-state index contributed by atoms with van der Waals surface area (Å²) in [5.41, 5.74) is 2.27. The van der Waals surface area contributed by atoms with Crippen LogP contribution in [0.3, 0.4) is 0 Å². The second-order valence-corrected chi connectivity index (χ2v) is 9.89. The Morgan fingerprint density at radius 1 is 1.18 bits per heavy atom. The largest absolute Gasteiger partial charge is 0.369 e. The number of benzene rings is 3. The number of fused-ring (bicyclic) bond motifs is 2. The number of aliphatic imine (C=N–C) groups is 1. The van der Waals surface area contributed by atoms with E-state index in [0.29, 0.717) is 39.3 Å². The van der Waals surface area contributed by atoms with Gasteiger partial charge in [0.15, 0.2) is 5.78 Å². The topological polar surface area (TPSA) is 59.7 Å². The fourth-order valence-electron chi connectivity index (χ4n) is 4.31. The molecule has 6 nitrogen and oxygen atoms in total. The maximum atomic E-state index is 14.0. The summed E-state index contributed by atoms with van der Waals surface area (Å²) < 4.78 is 8.54. The van der Waals surface area contributed by atoms with Gasteiger partial charge in [0.2, 0.25) is 0 Å². The number of rotatable bonds is 5. The average Bonchev–Trinajstić information content (AvgIpc) is 3.30. The minimum atomic E-state index is -0.143. The molecule has 0 spiro atoms. The molecule has 0 N–H and O–H groups in total. The van der Waals surface area contributed by atoms with Crippen LogP contribution in [0.15, 0.2) is 58.1 Å². The van der Waals surface area contributed by atoms with Crippen LogP contribution >= 0.6 is 27.5 Å². The van der Waals surface area contributed by atoms with Gasteiger partial charge in [-0.25, -0.2) is 9.67 Å². The van der Waals surface area contributed by atoms with Crippen molar-refractivity contribution in [2.75, 3.05) is 20.7 Å². The molecule has 1 unspecified atom stereocenters. The fourth-order valence-corrected chi connectivity index (χ4v) is 5.09. The lowest BCUT2D eigenvalue weighted by Crippen LogP contribution is -2.18. The van der Waals surface area contributed by atoms with E-state index in [-0.39, 0.29) is 12.0 Å². The van der Waals surface area contributed by atoms with Crippen LogP contribution in [-0.2, 0) is 4.74 Å². The molecule has 5 rings (SSSR count). The maximum absolute atomic E-state index is 14.0. The second-order valence-electron chi connectivity index (χ2n) is 8.63. The molecule has 0 amide bonds. The van der Waals surface area contributed by atoms with E-state index in [0.717, 1.165) is 34.5 Å². The van der Waals surface area contributed by atoms with Crippen LogP contribution in [0.1, 0.15) is 41.4 Å². The maximum Gasteiger partial charge on any atom is 0.196 e. The highest BCUT2D eigenvalue weighted by atomic mass is 79.9. The zero-order valence-electron chi connectivity index (χ0n) is 19.0. The van der Waals surface area contributed by atoms with Crippen molar-refractivity contribution in [1.82, 2.24) is 14.7 Å². The first-order chi connectivity index (χ1) is 16.4. The van der Waals surface area contributed by atoms with Gasteiger partial charge >= 0.3 is 0 Å². The molecule has 1 saturated heterocycles. The zero-order chi connectivity index (χ0) is 23.8. The number of hydrogen-bond acceptors (Lipinski definition) is 4. The molecule has 3 aromatic carbocycles. The number of hydrogen-bond donors (Lipinski definition) is 0. The van der Waals surface area contributed by atoms with Gasteiger partial charge in [-0.05, 0) is 42.8 Å². The minimum absolute atomic E-state index is 0.136. The number of ether oxygens (including phenoxy) is 1. The van der Waals surface area contributed by atoms with E-state index in [1.807, 2.05) is 55.5 Å². The van der Waals surface area contributed by atoms with Gasteiger partial charge in [0.05, 0.1) is 22.6 Å². The Labute approximate surface area is 211 Å². The van der Waals surface area contributed by atoms with Crippen LogP contribution in [0.2, 0.25) is 5.02 Å². The van der Waals surface area contributed by atoms with Crippen LogP contribution in [0.5, 0.6) is 0 Å². The third-order valence-electron chi connectivity index (χ3n) is 5.97. The summed E-state index contributed by atoms with van der Waals surface area (Å²) in [6, 6.07) is 13.3. The van der Waals surface area contributed by atoms with Crippen molar-refractivity contribution < 1.29 is 9.53 Å². The summed E-state index contributed by atoms with van der Waals surface area (Å²) in [5.74, 6) is -0.136. The minimum Gasteiger partial charge on any atom is -0.369 e. The number of ketones is 1. The molecule has 1 aliphatic heterocycles. The van der Waals surface area contributed by atoms with Crippen LogP contribution in [0.4, 0.5) is 5.69 Å². The van der Waals surface area contributed by atoms with E-state index in [2.05, 4.69) is 21.0 Å². The van der Waals surface area contributed by atoms with E-state index >= 15 is 0 Å². The van der Waals surface area contributed by atoms with E-state index in [1.54, 1.807) is 23.2 Å². The van der Waals surface area contributed by atoms with Gasteiger partial charge in [0.25, 0.3) is 0 Å². The summed E-state index contributed by atoms with van der Waals surface area (Å²) in [6.45, 7) is 0.707. The summed E-state index contributed by atoms with van der Waals surface area (Å²) >= 11 is 10.1. The van der Waals surface area contributed by atoms with Crippen LogP contribution in [0, 0.1) is 0 Å². The number of aromatic nitrogens is 2. The van der Waals surface area contributed by atoms with Crippen molar-refractivity contribution in [1.29, 1.82) is 0 Å². The van der Waals surface area contributed by atoms with Gasteiger partial charge in [-0.1, -0.05) is 51.8 Å². The van der Waals surface area contributed by atoms with Gasteiger partial charge in [0, 0.05) is 47.7 Å². The van der Waals surface area contributed by atoms with Gasteiger partial charge in [0.1, 0.15) is 11.7 Å². The quantitative estimate of drug-likeness (QED) is 0.160. The van der Waals surface area contributed by atoms with E-state index in [1.165, 1.54) is 0 Å². The third kappa shape index (κ3) is 4.24. The van der Waals surface area contributed by atoms with Gasteiger partial charge in [-0.2, -0.15) is 5.10 Å². The van der Waals surface area contributed by atoms with E-state index < -0.39 is 0 Å². The summed E-state index contributed by atoms with van der Waals surface area (Å²) in [7, 11) is 3.80. The highest BCUT2D eigenvalue weighted by Gasteiger charge is 2.24. The molecule has 4 aromatic rings. The molecular formula is C26H24BrClN4O2. The Morgan fingerprint density at radius 2 is 1.97 bits per heavy atom. The Bertz CT molecular complexity index is 1420. The van der Waals surface area contributed by atoms with Crippen molar-refractivity contribution in [3.63, 3.8) is 0 Å². The first kappa shape index (κ1) is 23.0. The zero-order valence-corrected chi connectivity index (χ0v) is 21.3. The molecule has 1 fully saturated rings. The molecule has 0 bridgehead atoms. The summed E-state index contributed by atoms with van der Waals surface area (Å²) in [4.78, 5) is 20.5. The number of nitrogens with zero attached hydrogens (tertiary/aromatic N) is 4. The first-order valence-electron chi connectivity index (χ1n) is 11.2. The predicted octanol–water partition coefficient (Wildman–Crippen LogP) is 6.76. The molecule has 34 heavy (non-hydrogen) atoms.